The highest BCUT2D eigenvalue weighted by atomic mass is 16.1. The second-order valence-corrected chi connectivity index (χ2v) is 7.10. The Bertz CT molecular complexity index is 305. The molecular formula is C16H31N3O. The number of hydrogen-bond donors (Lipinski definition) is 2. The van der Waals surface area contributed by atoms with E-state index in [9.17, 15) is 4.79 Å². The van der Waals surface area contributed by atoms with Crippen LogP contribution in [-0.2, 0) is 4.79 Å². The lowest BCUT2D eigenvalue weighted by Gasteiger charge is -2.36. The number of carbonyl (C=O) groups excluding carboxylic acids is 1. The van der Waals surface area contributed by atoms with Gasteiger partial charge in [-0.15, -0.1) is 0 Å². The Labute approximate surface area is 123 Å². The molecule has 2 aliphatic heterocycles. The minimum Gasteiger partial charge on any atom is -0.352 e. The number of piperidine rings is 2. The smallest absolute Gasteiger partial charge is 0.223 e. The molecule has 2 N–H and O–H groups in total. The predicted molar refractivity (Wildman–Crippen MR) is 82.6 cm³/mol. The van der Waals surface area contributed by atoms with Gasteiger partial charge in [-0.3, -0.25) is 4.79 Å². The van der Waals surface area contributed by atoms with Crippen LogP contribution >= 0.6 is 0 Å². The maximum absolute atomic E-state index is 12.2. The summed E-state index contributed by atoms with van der Waals surface area (Å²) in [6.07, 6.45) is 3.30. The zero-order valence-corrected chi connectivity index (χ0v) is 13.3. The fourth-order valence-corrected chi connectivity index (χ4v) is 3.82. The van der Waals surface area contributed by atoms with Crippen molar-refractivity contribution in [1.29, 1.82) is 0 Å². The number of rotatable bonds is 4. The fraction of sp³-hybridized carbons (Fsp3) is 0.938. The number of nitrogens with zero attached hydrogens (tertiary/aromatic N) is 1. The summed E-state index contributed by atoms with van der Waals surface area (Å²) in [6, 6.07) is 0.259. The maximum atomic E-state index is 12.2. The van der Waals surface area contributed by atoms with E-state index in [1.807, 2.05) is 0 Å². The monoisotopic (exact) mass is 281 g/mol. The van der Waals surface area contributed by atoms with E-state index in [1.54, 1.807) is 0 Å². The quantitative estimate of drug-likeness (QED) is 0.820. The van der Waals surface area contributed by atoms with E-state index in [1.165, 1.54) is 19.5 Å². The van der Waals surface area contributed by atoms with Crippen LogP contribution in [0.15, 0.2) is 0 Å². The van der Waals surface area contributed by atoms with Crippen molar-refractivity contribution in [3.63, 3.8) is 0 Å². The minimum absolute atomic E-state index is 0.220. The van der Waals surface area contributed by atoms with E-state index in [4.69, 9.17) is 0 Å². The van der Waals surface area contributed by atoms with Crippen molar-refractivity contribution in [2.24, 2.45) is 17.8 Å². The first kappa shape index (κ1) is 15.8. The molecule has 4 nitrogen and oxygen atoms in total. The van der Waals surface area contributed by atoms with E-state index < -0.39 is 0 Å². The summed E-state index contributed by atoms with van der Waals surface area (Å²) in [6.45, 7) is 12.1. The molecule has 2 rings (SSSR count). The lowest BCUT2D eigenvalue weighted by atomic mass is 9.91. The summed E-state index contributed by atoms with van der Waals surface area (Å²) >= 11 is 0. The molecule has 116 valence electrons. The molecule has 3 atom stereocenters. The van der Waals surface area contributed by atoms with Gasteiger partial charge in [-0.2, -0.15) is 0 Å². The molecule has 0 aromatic rings. The largest absolute Gasteiger partial charge is 0.352 e. The van der Waals surface area contributed by atoms with Crippen molar-refractivity contribution in [3.8, 4) is 0 Å². The van der Waals surface area contributed by atoms with Crippen LogP contribution in [-0.4, -0.2) is 49.6 Å². The molecule has 0 saturated carbocycles. The Kier molecular flexibility index (Phi) is 5.85. The highest BCUT2D eigenvalue weighted by molar-refractivity contribution is 5.79. The predicted octanol–water partition coefficient (Wildman–Crippen LogP) is 1.47. The summed E-state index contributed by atoms with van der Waals surface area (Å²) in [5, 5.41) is 6.53. The Morgan fingerprint density at radius 3 is 2.45 bits per heavy atom. The van der Waals surface area contributed by atoms with E-state index in [0.29, 0.717) is 0 Å². The first-order chi connectivity index (χ1) is 9.54. The highest BCUT2D eigenvalue weighted by Gasteiger charge is 2.25. The highest BCUT2D eigenvalue weighted by Crippen LogP contribution is 2.21. The average Bonchev–Trinajstić information content (AvgIpc) is 2.38. The van der Waals surface area contributed by atoms with Gasteiger partial charge in [-0.05, 0) is 51.1 Å². The SMILES string of the molecule is CC1CC(C)CN(CC(C)NC(=O)C2CCNCC2)C1. The van der Waals surface area contributed by atoms with Crippen LogP contribution in [0.3, 0.4) is 0 Å². The van der Waals surface area contributed by atoms with Gasteiger partial charge in [0.1, 0.15) is 0 Å². The standard InChI is InChI=1S/C16H31N3O/c1-12-8-13(2)10-19(9-12)11-14(3)18-16(20)15-4-6-17-7-5-15/h12-15,17H,4-11H2,1-3H3,(H,18,20). The molecule has 2 saturated heterocycles. The normalized spacial score (nSPS) is 30.9. The topological polar surface area (TPSA) is 44.4 Å². The van der Waals surface area contributed by atoms with Crippen LogP contribution in [0.4, 0.5) is 0 Å². The molecule has 0 aromatic carbocycles. The van der Waals surface area contributed by atoms with Crippen molar-refractivity contribution in [3.05, 3.63) is 0 Å². The summed E-state index contributed by atoms with van der Waals surface area (Å²) in [5.41, 5.74) is 0. The molecule has 0 aliphatic carbocycles. The number of amides is 1. The van der Waals surface area contributed by atoms with Crippen molar-refractivity contribution < 1.29 is 4.79 Å². The van der Waals surface area contributed by atoms with Crippen LogP contribution in [0.25, 0.3) is 0 Å². The van der Waals surface area contributed by atoms with E-state index in [0.717, 1.165) is 44.3 Å². The molecular weight excluding hydrogens is 250 g/mol. The van der Waals surface area contributed by atoms with Crippen LogP contribution < -0.4 is 10.6 Å². The molecule has 0 aromatic heterocycles. The molecule has 0 bridgehead atoms. The Morgan fingerprint density at radius 2 is 1.85 bits per heavy atom. The fourth-order valence-electron chi connectivity index (χ4n) is 3.82. The molecule has 0 radical (unpaired) electrons. The lowest BCUT2D eigenvalue weighted by molar-refractivity contribution is -0.126. The van der Waals surface area contributed by atoms with Gasteiger partial charge in [0.15, 0.2) is 0 Å². The molecule has 20 heavy (non-hydrogen) atoms. The Morgan fingerprint density at radius 1 is 1.25 bits per heavy atom. The summed E-state index contributed by atoms with van der Waals surface area (Å²) < 4.78 is 0. The Hall–Kier alpha value is -0.610. The van der Waals surface area contributed by atoms with Gasteiger partial charge in [0.25, 0.3) is 0 Å². The molecule has 4 heteroatoms. The van der Waals surface area contributed by atoms with Gasteiger partial charge in [0, 0.05) is 31.6 Å². The van der Waals surface area contributed by atoms with Crippen LogP contribution in [0.2, 0.25) is 0 Å². The van der Waals surface area contributed by atoms with E-state index in [-0.39, 0.29) is 17.9 Å². The van der Waals surface area contributed by atoms with Gasteiger partial charge in [0.2, 0.25) is 5.91 Å². The zero-order chi connectivity index (χ0) is 14.5. The van der Waals surface area contributed by atoms with Crippen molar-refractivity contribution >= 4 is 5.91 Å². The van der Waals surface area contributed by atoms with Gasteiger partial charge < -0.3 is 15.5 Å². The average molecular weight is 281 g/mol. The molecule has 0 spiro atoms. The number of carbonyl (C=O) groups is 1. The van der Waals surface area contributed by atoms with Crippen LogP contribution in [0.5, 0.6) is 0 Å². The maximum Gasteiger partial charge on any atom is 0.223 e. The van der Waals surface area contributed by atoms with Crippen molar-refractivity contribution in [2.45, 2.75) is 46.1 Å². The number of nitrogens with one attached hydrogen (secondary N) is 2. The second-order valence-electron chi connectivity index (χ2n) is 7.10. The van der Waals surface area contributed by atoms with Gasteiger partial charge in [0.05, 0.1) is 0 Å². The molecule has 2 heterocycles. The van der Waals surface area contributed by atoms with Gasteiger partial charge in [-0.1, -0.05) is 13.8 Å². The lowest BCUT2D eigenvalue weighted by Crippen LogP contribution is -2.49. The first-order valence-electron chi connectivity index (χ1n) is 8.28. The summed E-state index contributed by atoms with van der Waals surface area (Å²) in [5.74, 6) is 2.05. The summed E-state index contributed by atoms with van der Waals surface area (Å²) in [4.78, 5) is 14.7. The number of hydrogen-bond acceptors (Lipinski definition) is 3. The summed E-state index contributed by atoms with van der Waals surface area (Å²) in [7, 11) is 0. The molecule has 3 unspecified atom stereocenters. The minimum atomic E-state index is 0.220. The van der Waals surface area contributed by atoms with Crippen molar-refractivity contribution in [2.75, 3.05) is 32.7 Å². The Balaban J connectivity index is 1.73. The molecule has 2 fully saturated rings. The van der Waals surface area contributed by atoms with E-state index in [2.05, 4.69) is 36.3 Å². The van der Waals surface area contributed by atoms with E-state index >= 15 is 0 Å². The third kappa shape index (κ3) is 4.74. The number of likely N-dealkylation sites (tertiary alicyclic amines) is 1. The van der Waals surface area contributed by atoms with Gasteiger partial charge in [-0.25, -0.2) is 0 Å². The van der Waals surface area contributed by atoms with Crippen molar-refractivity contribution in [1.82, 2.24) is 15.5 Å². The van der Waals surface area contributed by atoms with Crippen LogP contribution in [0.1, 0.15) is 40.0 Å². The first-order valence-corrected chi connectivity index (χ1v) is 8.28. The van der Waals surface area contributed by atoms with Gasteiger partial charge >= 0.3 is 0 Å². The molecule has 1 amide bonds. The van der Waals surface area contributed by atoms with Crippen LogP contribution in [0, 0.1) is 17.8 Å². The third-order valence-electron chi connectivity index (χ3n) is 4.58. The third-order valence-corrected chi connectivity index (χ3v) is 4.58. The second kappa shape index (κ2) is 7.41. The zero-order valence-electron chi connectivity index (χ0n) is 13.3. The molecule has 2 aliphatic rings.